The third-order valence-corrected chi connectivity index (χ3v) is 4.38. The lowest BCUT2D eigenvalue weighted by atomic mass is 9.72. The van der Waals surface area contributed by atoms with E-state index >= 15 is 0 Å². The number of H-pyrrole nitrogens is 1. The molecule has 25 heavy (non-hydrogen) atoms. The first-order valence-corrected chi connectivity index (χ1v) is 8.27. The van der Waals surface area contributed by atoms with Crippen LogP contribution in [0.15, 0.2) is 18.5 Å². The molecule has 0 spiro atoms. The number of nitriles is 1. The van der Waals surface area contributed by atoms with Crippen LogP contribution in [0.1, 0.15) is 55.9 Å². The number of fused-ring (bicyclic) bond motifs is 1. The first-order chi connectivity index (χ1) is 12.2. The maximum atomic E-state index is 9.25. The number of hydrogen-bond acceptors (Lipinski definition) is 7. The summed E-state index contributed by atoms with van der Waals surface area (Å²) in [7, 11) is 0. The van der Waals surface area contributed by atoms with Crippen molar-refractivity contribution in [2.45, 2.75) is 44.6 Å². The Morgan fingerprint density at radius 3 is 2.52 bits per heavy atom. The van der Waals surface area contributed by atoms with Gasteiger partial charge in [0.1, 0.15) is 23.1 Å². The summed E-state index contributed by atoms with van der Waals surface area (Å²) in [6, 6.07) is 3.86. The summed E-state index contributed by atoms with van der Waals surface area (Å²) in [5, 5.41) is 16.6. The van der Waals surface area contributed by atoms with Crippen LogP contribution in [0.2, 0.25) is 0 Å². The molecule has 1 saturated carbocycles. The molecule has 8 nitrogen and oxygen atoms in total. The van der Waals surface area contributed by atoms with Crippen LogP contribution in [0, 0.1) is 11.3 Å². The molecular formula is C17H17N7O. The molecule has 3 aromatic rings. The van der Waals surface area contributed by atoms with Crippen molar-refractivity contribution in [3.63, 3.8) is 0 Å². The van der Waals surface area contributed by atoms with E-state index in [-0.39, 0.29) is 23.6 Å². The second kappa shape index (κ2) is 6.09. The lowest BCUT2D eigenvalue weighted by molar-refractivity contribution is 0.232. The second-order valence-electron chi connectivity index (χ2n) is 6.36. The molecule has 0 radical (unpaired) electrons. The molecule has 126 valence electrons. The molecule has 1 aliphatic carbocycles. The average molecular weight is 335 g/mol. The van der Waals surface area contributed by atoms with Crippen LogP contribution in [0.4, 0.5) is 0 Å². The van der Waals surface area contributed by atoms with Crippen molar-refractivity contribution in [2.75, 3.05) is 0 Å². The molecule has 2 unspecified atom stereocenters. The zero-order chi connectivity index (χ0) is 17.4. The minimum atomic E-state index is -0.0676. The van der Waals surface area contributed by atoms with E-state index < -0.39 is 0 Å². The minimum absolute atomic E-state index is 0.0676. The van der Waals surface area contributed by atoms with Crippen molar-refractivity contribution in [1.29, 1.82) is 5.26 Å². The second-order valence-corrected chi connectivity index (χ2v) is 6.36. The molecule has 0 saturated heterocycles. The van der Waals surface area contributed by atoms with Gasteiger partial charge in [0.25, 0.3) is 0 Å². The van der Waals surface area contributed by atoms with Gasteiger partial charge in [-0.15, -0.1) is 0 Å². The number of nitrogens with one attached hydrogen (secondary N) is 1. The van der Waals surface area contributed by atoms with Crippen molar-refractivity contribution in [1.82, 2.24) is 30.1 Å². The zero-order valence-corrected chi connectivity index (χ0v) is 14.0. The van der Waals surface area contributed by atoms with Gasteiger partial charge in [0.15, 0.2) is 11.3 Å². The normalized spacial score (nSPS) is 19.6. The Hall–Kier alpha value is -3.08. The van der Waals surface area contributed by atoms with E-state index in [1.54, 1.807) is 12.4 Å². The SMILES string of the molecule is CC(C)Oc1nc(C2CCC2c2ncccn2)nc2[nH]nc(C#N)c12. The fraction of sp³-hybridized carbons (Fsp3) is 0.412. The largest absolute Gasteiger partial charge is 0.474 e. The Balaban J connectivity index is 1.77. The number of aromatic nitrogens is 6. The van der Waals surface area contributed by atoms with Crippen LogP contribution in [0.5, 0.6) is 5.88 Å². The third kappa shape index (κ3) is 2.67. The van der Waals surface area contributed by atoms with Gasteiger partial charge in [0.05, 0.1) is 6.10 Å². The first-order valence-electron chi connectivity index (χ1n) is 8.27. The monoisotopic (exact) mass is 335 g/mol. The fourth-order valence-electron chi connectivity index (χ4n) is 3.09. The number of rotatable bonds is 4. The van der Waals surface area contributed by atoms with Crippen molar-refractivity contribution < 1.29 is 4.74 Å². The topological polar surface area (TPSA) is 113 Å². The molecule has 1 N–H and O–H groups in total. The van der Waals surface area contributed by atoms with Crippen molar-refractivity contribution in [2.24, 2.45) is 0 Å². The van der Waals surface area contributed by atoms with Gasteiger partial charge in [-0.05, 0) is 32.8 Å². The molecule has 1 aliphatic rings. The molecule has 0 amide bonds. The van der Waals surface area contributed by atoms with E-state index in [1.165, 1.54) is 0 Å². The van der Waals surface area contributed by atoms with Gasteiger partial charge in [-0.25, -0.2) is 15.0 Å². The van der Waals surface area contributed by atoms with Crippen LogP contribution in [-0.4, -0.2) is 36.2 Å². The highest BCUT2D eigenvalue weighted by Crippen LogP contribution is 2.47. The molecular weight excluding hydrogens is 318 g/mol. The van der Waals surface area contributed by atoms with Gasteiger partial charge in [0, 0.05) is 24.2 Å². The maximum Gasteiger partial charge on any atom is 0.229 e. The predicted octanol–water partition coefficient (Wildman–Crippen LogP) is 2.46. The predicted molar refractivity (Wildman–Crippen MR) is 88.9 cm³/mol. The summed E-state index contributed by atoms with van der Waals surface area (Å²) in [5.41, 5.74) is 0.769. The van der Waals surface area contributed by atoms with Crippen LogP contribution < -0.4 is 4.74 Å². The van der Waals surface area contributed by atoms with Gasteiger partial charge in [-0.1, -0.05) is 0 Å². The van der Waals surface area contributed by atoms with Crippen LogP contribution >= 0.6 is 0 Å². The summed E-state index contributed by atoms with van der Waals surface area (Å²) in [6.07, 6.45) is 5.41. The smallest absolute Gasteiger partial charge is 0.229 e. The molecule has 0 aromatic carbocycles. The van der Waals surface area contributed by atoms with E-state index in [4.69, 9.17) is 4.74 Å². The van der Waals surface area contributed by atoms with Gasteiger partial charge in [-0.3, -0.25) is 5.10 Å². The van der Waals surface area contributed by atoms with Gasteiger partial charge >= 0.3 is 0 Å². The quantitative estimate of drug-likeness (QED) is 0.779. The summed E-state index contributed by atoms with van der Waals surface area (Å²) in [6.45, 7) is 3.84. The van der Waals surface area contributed by atoms with E-state index in [0.717, 1.165) is 18.7 Å². The maximum absolute atomic E-state index is 9.25. The molecule has 1 fully saturated rings. The molecule has 0 bridgehead atoms. The molecule has 4 rings (SSSR count). The van der Waals surface area contributed by atoms with Crippen molar-refractivity contribution in [3.8, 4) is 11.9 Å². The van der Waals surface area contributed by atoms with E-state index in [0.29, 0.717) is 22.7 Å². The van der Waals surface area contributed by atoms with E-state index in [2.05, 4.69) is 36.2 Å². The lowest BCUT2D eigenvalue weighted by Gasteiger charge is -2.34. The molecule has 3 heterocycles. The van der Waals surface area contributed by atoms with Gasteiger partial charge in [-0.2, -0.15) is 15.3 Å². The average Bonchev–Trinajstić information content (AvgIpc) is 2.98. The van der Waals surface area contributed by atoms with Gasteiger partial charge < -0.3 is 4.74 Å². The van der Waals surface area contributed by atoms with Crippen LogP contribution in [-0.2, 0) is 0 Å². The van der Waals surface area contributed by atoms with Crippen molar-refractivity contribution >= 4 is 11.0 Å². The third-order valence-electron chi connectivity index (χ3n) is 4.38. The fourth-order valence-corrected chi connectivity index (χ4v) is 3.09. The number of nitrogens with zero attached hydrogens (tertiary/aromatic N) is 6. The highest BCUT2D eigenvalue weighted by Gasteiger charge is 2.38. The van der Waals surface area contributed by atoms with E-state index in [1.807, 2.05) is 19.9 Å². The van der Waals surface area contributed by atoms with Crippen LogP contribution in [0.25, 0.3) is 11.0 Å². The molecule has 8 heteroatoms. The first kappa shape index (κ1) is 15.4. The Morgan fingerprint density at radius 2 is 1.88 bits per heavy atom. The lowest BCUT2D eigenvalue weighted by Crippen LogP contribution is -2.26. The Bertz CT molecular complexity index is 945. The molecule has 3 aromatic heterocycles. The Labute approximate surface area is 144 Å². The summed E-state index contributed by atoms with van der Waals surface area (Å²) in [4.78, 5) is 17.9. The highest BCUT2D eigenvalue weighted by atomic mass is 16.5. The number of aromatic amines is 1. The number of hydrogen-bond donors (Lipinski definition) is 1. The van der Waals surface area contributed by atoms with Gasteiger partial charge in [0.2, 0.25) is 5.88 Å². The van der Waals surface area contributed by atoms with Crippen LogP contribution in [0.3, 0.4) is 0 Å². The molecule has 0 aliphatic heterocycles. The minimum Gasteiger partial charge on any atom is -0.474 e. The summed E-state index contributed by atoms with van der Waals surface area (Å²) >= 11 is 0. The standard InChI is InChI=1S/C17H17N7O/c1-9(2)25-17-13-12(8-18)23-24-16(13)21-15(22-17)11-5-4-10(11)14-19-6-3-7-20-14/h3,6-7,9-11H,4-5H2,1-2H3,(H,21,22,23,24). The molecule has 2 atom stereocenters. The summed E-state index contributed by atoms with van der Waals surface area (Å²) < 4.78 is 5.84. The zero-order valence-electron chi connectivity index (χ0n) is 14.0. The number of ether oxygens (including phenoxy) is 1. The Morgan fingerprint density at radius 1 is 1.16 bits per heavy atom. The van der Waals surface area contributed by atoms with Crippen molar-refractivity contribution in [3.05, 3.63) is 35.8 Å². The highest BCUT2D eigenvalue weighted by molar-refractivity contribution is 5.85. The summed E-state index contributed by atoms with van der Waals surface area (Å²) in [5.74, 6) is 2.23. The Kier molecular flexibility index (Phi) is 3.76. The van der Waals surface area contributed by atoms with E-state index in [9.17, 15) is 5.26 Å².